The first-order chi connectivity index (χ1) is 40.5. The van der Waals surface area contributed by atoms with E-state index in [2.05, 4.69) is 191 Å². The van der Waals surface area contributed by atoms with Crippen LogP contribution in [0.3, 0.4) is 0 Å². The lowest BCUT2D eigenvalue weighted by Gasteiger charge is -2.18. The molecule has 0 saturated carbocycles. The van der Waals surface area contributed by atoms with E-state index in [-0.39, 0.29) is 31.1 Å². The molecule has 0 aromatic carbocycles. The van der Waals surface area contributed by atoms with Crippen LogP contribution in [-0.2, 0) is 28.6 Å². The van der Waals surface area contributed by atoms with E-state index in [0.29, 0.717) is 19.3 Å². The Morgan fingerprint density at radius 3 is 0.744 bits per heavy atom. The summed E-state index contributed by atoms with van der Waals surface area (Å²) in [7, 11) is 0. The summed E-state index contributed by atoms with van der Waals surface area (Å²) in [5, 5.41) is 0. The van der Waals surface area contributed by atoms with Crippen LogP contribution in [0.2, 0.25) is 0 Å². The molecule has 0 aromatic heterocycles. The average Bonchev–Trinajstić information content (AvgIpc) is 3.47. The van der Waals surface area contributed by atoms with Gasteiger partial charge in [-0.2, -0.15) is 0 Å². The summed E-state index contributed by atoms with van der Waals surface area (Å²) in [5.74, 6) is -0.939. The molecule has 0 fully saturated rings. The molecule has 0 radical (unpaired) electrons. The van der Waals surface area contributed by atoms with Crippen molar-refractivity contribution >= 4 is 17.9 Å². The molecule has 6 nitrogen and oxygen atoms in total. The van der Waals surface area contributed by atoms with Crippen molar-refractivity contribution in [2.75, 3.05) is 13.2 Å². The molecule has 0 spiro atoms. The fourth-order valence-electron chi connectivity index (χ4n) is 8.58. The molecule has 0 saturated heterocycles. The van der Waals surface area contributed by atoms with Gasteiger partial charge in [0, 0.05) is 19.3 Å². The van der Waals surface area contributed by atoms with Gasteiger partial charge in [-0.1, -0.05) is 287 Å². The lowest BCUT2D eigenvalue weighted by atomic mass is 10.1. The quantitative estimate of drug-likeness (QED) is 0.0261. The average molecular weight is 1130 g/mol. The third-order valence-electron chi connectivity index (χ3n) is 13.5. The Morgan fingerprint density at radius 2 is 0.476 bits per heavy atom. The number of hydrogen-bond acceptors (Lipinski definition) is 6. The van der Waals surface area contributed by atoms with Gasteiger partial charge in [0.25, 0.3) is 0 Å². The van der Waals surface area contributed by atoms with Gasteiger partial charge in [-0.15, -0.1) is 0 Å². The molecule has 0 aliphatic heterocycles. The van der Waals surface area contributed by atoms with Crippen LogP contribution in [0.25, 0.3) is 0 Å². The SMILES string of the molecule is CC/C=C\C/C=C\C/C=C\C/C=C\C/C=C\C/C=C\C/C=C\C/C=C\CCCCCCCCCCCCC(=O)OCC(COC(=O)CCCCCCCC)OC(=O)CCCCCC/C=C\C/C=C\C/C=C\C/C=C\C/C=C\C/C=C\CC. The van der Waals surface area contributed by atoms with Crippen molar-refractivity contribution in [1.82, 2.24) is 0 Å². The van der Waals surface area contributed by atoms with E-state index >= 15 is 0 Å². The number of hydrogen-bond donors (Lipinski definition) is 0. The molecule has 0 aromatic rings. The lowest BCUT2D eigenvalue weighted by molar-refractivity contribution is -0.167. The Hall–Kier alpha value is -5.23. The van der Waals surface area contributed by atoms with E-state index in [1.807, 2.05) is 0 Å². The fraction of sp³-hybridized carbons (Fsp3) is 0.592. The van der Waals surface area contributed by atoms with E-state index in [4.69, 9.17) is 14.2 Å². The van der Waals surface area contributed by atoms with Crippen LogP contribution in [-0.4, -0.2) is 37.2 Å². The largest absolute Gasteiger partial charge is 0.462 e. The molecule has 0 N–H and O–H groups in total. The second kappa shape index (κ2) is 68.3. The Bertz CT molecular complexity index is 1870. The van der Waals surface area contributed by atoms with Crippen molar-refractivity contribution in [2.45, 2.75) is 277 Å². The maximum atomic E-state index is 12.8. The third-order valence-corrected chi connectivity index (χ3v) is 13.5. The van der Waals surface area contributed by atoms with Crippen LogP contribution in [0.15, 0.2) is 170 Å². The highest BCUT2D eigenvalue weighted by molar-refractivity contribution is 5.71. The standard InChI is InChI=1S/C76H120O6/c1-4-7-10-13-16-18-20-22-24-26-28-30-32-33-34-35-36-37-38-39-40-41-42-43-45-46-48-50-52-54-56-58-60-63-66-69-75(78)81-72-73(71-80-74(77)68-65-62-15-12-9-6-3)82-76(79)70-67-64-61-59-57-55-53-51-49-47-44-31-29-27-25-23-21-19-17-14-11-8-5-2/h7-8,10-11,16-19,22-25,28-31,33-34,36-37,39-40,42-43,47,49,53,55,73H,4-6,9,12-15,20-21,26-27,32,35,38,41,44-46,48,50-52,54,56-72H2,1-3H3/b10-7-,11-8-,18-16-,19-17-,24-22-,25-23-,30-28-,31-29-,34-33-,37-36-,40-39-,43-42-,49-47-,55-53-. The maximum Gasteiger partial charge on any atom is 0.306 e. The molecule has 0 aliphatic carbocycles. The molecule has 0 rings (SSSR count). The number of carbonyl (C=O) groups excluding carboxylic acids is 3. The second-order valence-corrected chi connectivity index (χ2v) is 21.3. The maximum absolute atomic E-state index is 12.8. The molecular formula is C76H120O6. The van der Waals surface area contributed by atoms with Crippen molar-refractivity contribution in [1.29, 1.82) is 0 Å². The van der Waals surface area contributed by atoms with Crippen LogP contribution in [0.1, 0.15) is 271 Å². The molecule has 0 bridgehead atoms. The lowest BCUT2D eigenvalue weighted by Crippen LogP contribution is -2.30. The minimum absolute atomic E-state index is 0.0954. The van der Waals surface area contributed by atoms with Crippen molar-refractivity contribution in [2.24, 2.45) is 0 Å². The van der Waals surface area contributed by atoms with Gasteiger partial charge in [-0.05, 0) is 135 Å². The van der Waals surface area contributed by atoms with Crippen LogP contribution < -0.4 is 0 Å². The normalized spacial score (nSPS) is 13.3. The van der Waals surface area contributed by atoms with Gasteiger partial charge in [-0.3, -0.25) is 14.4 Å². The molecule has 0 amide bonds. The molecule has 0 aliphatic rings. The van der Waals surface area contributed by atoms with E-state index in [0.717, 1.165) is 167 Å². The molecule has 82 heavy (non-hydrogen) atoms. The van der Waals surface area contributed by atoms with Gasteiger partial charge < -0.3 is 14.2 Å². The molecule has 1 unspecified atom stereocenters. The zero-order valence-corrected chi connectivity index (χ0v) is 52.7. The predicted octanol–water partition coefficient (Wildman–Crippen LogP) is 23.0. The monoisotopic (exact) mass is 1130 g/mol. The van der Waals surface area contributed by atoms with Gasteiger partial charge in [0.15, 0.2) is 6.10 Å². The highest BCUT2D eigenvalue weighted by Gasteiger charge is 2.19. The molecule has 1 atom stereocenters. The second-order valence-electron chi connectivity index (χ2n) is 21.3. The summed E-state index contributed by atoms with van der Waals surface area (Å²) in [4.78, 5) is 38.0. The third kappa shape index (κ3) is 65.6. The number of unbranched alkanes of at least 4 members (excludes halogenated alkanes) is 19. The summed E-state index contributed by atoms with van der Waals surface area (Å²) in [6, 6.07) is 0. The first-order valence-corrected chi connectivity index (χ1v) is 33.1. The highest BCUT2D eigenvalue weighted by atomic mass is 16.6. The van der Waals surface area contributed by atoms with Gasteiger partial charge >= 0.3 is 17.9 Å². The zero-order chi connectivity index (χ0) is 59.2. The Kier molecular flexibility index (Phi) is 63.9. The predicted molar refractivity (Wildman–Crippen MR) is 357 cm³/mol. The fourth-order valence-corrected chi connectivity index (χ4v) is 8.58. The molecular weight excluding hydrogens is 1010 g/mol. The van der Waals surface area contributed by atoms with E-state index in [1.165, 1.54) is 64.2 Å². The summed E-state index contributed by atoms with van der Waals surface area (Å²) >= 11 is 0. The van der Waals surface area contributed by atoms with Crippen molar-refractivity contribution in [3.8, 4) is 0 Å². The minimum atomic E-state index is -0.799. The van der Waals surface area contributed by atoms with Crippen molar-refractivity contribution in [3.05, 3.63) is 170 Å². The zero-order valence-electron chi connectivity index (χ0n) is 52.7. The number of ether oxygens (including phenoxy) is 3. The van der Waals surface area contributed by atoms with Crippen LogP contribution in [0, 0.1) is 0 Å². The Morgan fingerprint density at radius 1 is 0.256 bits per heavy atom. The topological polar surface area (TPSA) is 78.9 Å². The first kappa shape index (κ1) is 76.8. The summed E-state index contributed by atoms with van der Waals surface area (Å²) in [6.45, 7) is 6.32. The summed E-state index contributed by atoms with van der Waals surface area (Å²) < 4.78 is 16.8. The Labute approximate surface area is 504 Å². The van der Waals surface area contributed by atoms with E-state index in [9.17, 15) is 14.4 Å². The van der Waals surface area contributed by atoms with Crippen LogP contribution >= 0.6 is 0 Å². The minimum Gasteiger partial charge on any atom is -0.462 e. The smallest absolute Gasteiger partial charge is 0.306 e. The van der Waals surface area contributed by atoms with E-state index < -0.39 is 6.10 Å². The number of esters is 3. The highest BCUT2D eigenvalue weighted by Crippen LogP contribution is 2.15. The van der Waals surface area contributed by atoms with Gasteiger partial charge in [0.1, 0.15) is 13.2 Å². The first-order valence-electron chi connectivity index (χ1n) is 33.1. The van der Waals surface area contributed by atoms with Crippen LogP contribution in [0.4, 0.5) is 0 Å². The molecule has 0 heterocycles. The number of carbonyl (C=O) groups is 3. The van der Waals surface area contributed by atoms with Crippen molar-refractivity contribution in [3.63, 3.8) is 0 Å². The molecule has 6 heteroatoms. The Balaban J connectivity index is 4.15. The van der Waals surface area contributed by atoms with Gasteiger partial charge in [-0.25, -0.2) is 0 Å². The number of rotatable bonds is 58. The van der Waals surface area contributed by atoms with Crippen LogP contribution in [0.5, 0.6) is 0 Å². The molecule has 460 valence electrons. The summed E-state index contributed by atoms with van der Waals surface area (Å²) in [5.41, 5.74) is 0. The van der Waals surface area contributed by atoms with Gasteiger partial charge in [0.2, 0.25) is 0 Å². The summed E-state index contributed by atoms with van der Waals surface area (Å²) in [6.07, 6.45) is 101. The van der Waals surface area contributed by atoms with Gasteiger partial charge in [0.05, 0.1) is 0 Å². The van der Waals surface area contributed by atoms with E-state index in [1.54, 1.807) is 0 Å². The van der Waals surface area contributed by atoms with Crippen molar-refractivity contribution < 1.29 is 28.6 Å². The number of allylic oxidation sites excluding steroid dienone is 28.